The lowest BCUT2D eigenvalue weighted by atomic mass is 9.96. The third kappa shape index (κ3) is 1.46. The molecule has 0 bridgehead atoms. The fraction of sp³-hybridized carbons (Fsp3) is 0.462. The Morgan fingerprint density at radius 3 is 2.69 bits per heavy atom. The second-order valence-electron chi connectivity index (χ2n) is 4.53. The predicted molar refractivity (Wildman–Crippen MR) is 68.4 cm³/mol. The highest BCUT2D eigenvalue weighted by Crippen LogP contribution is 2.37. The van der Waals surface area contributed by atoms with Gasteiger partial charge < -0.3 is 4.90 Å². The third-order valence-electron chi connectivity index (χ3n) is 3.51. The fourth-order valence-corrected chi connectivity index (χ4v) is 3.06. The molecule has 0 atom stereocenters. The number of anilines is 1. The summed E-state index contributed by atoms with van der Waals surface area (Å²) in [5.41, 5.74) is 5.33. The molecule has 0 radical (unpaired) electrons. The van der Waals surface area contributed by atoms with Gasteiger partial charge in [0.1, 0.15) is 0 Å². The largest absolute Gasteiger partial charge is 0.312 e. The number of hydrogen-bond acceptors (Lipinski definition) is 2. The van der Waals surface area contributed by atoms with Crippen molar-refractivity contribution in [1.29, 1.82) is 0 Å². The van der Waals surface area contributed by atoms with E-state index >= 15 is 0 Å². The lowest BCUT2D eigenvalue weighted by molar-refractivity contribution is -0.118. The SMILES string of the molecule is O=C1CCc2cc(CCS)cc3c2N1CC3. The molecule has 16 heavy (non-hydrogen) atoms. The molecule has 1 amide bonds. The molecule has 0 aliphatic carbocycles. The van der Waals surface area contributed by atoms with Crippen molar-refractivity contribution >= 4 is 24.2 Å². The van der Waals surface area contributed by atoms with E-state index in [0.29, 0.717) is 12.3 Å². The van der Waals surface area contributed by atoms with Crippen LogP contribution in [0, 0.1) is 0 Å². The molecule has 0 fully saturated rings. The number of rotatable bonds is 2. The van der Waals surface area contributed by atoms with Crippen molar-refractivity contribution in [3.05, 3.63) is 28.8 Å². The first-order valence-corrected chi connectivity index (χ1v) is 6.49. The van der Waals surface area contributed by atoms with Gasteiger partial charge in [-0.15, -0.1) is 0 Å². The van der Waals surface area contributed by atoms with E-state index in [-0.39, 0.29) is 0 Å². The average molecular weight is 233 g/mol. The second-order valence-corrected chi connectivity index (χ2v) is 4.98. The van der Waals surface area contributed by atoms with Crippen LogP contribution >= 0.6 is 12.6 Å². The van der Waals surface area contributed by atoms with E-state index in [0.717, 1.165) is 31.6 Å². The summed E-state index contributed by atoms with van der Waals surface area (Å²) < 4.78 is 0. The Morgan fingerprint density at radius 1 is 1.19 bits per heavy atom. The van der Waals surface area contributed by atoms with E-state index in [4.69, 9.17) is 0 Å². The van der Waals surface area contributed by atoms with Crippen LogP contribution < -0.4 is 4.90 Å². The van der Waals surface area contributed by atoms with Crippen molar-refractivity contribution in [3.63, 3.8) is 0 Å². The van der Waals surface area contributed by atoms with E-state index in [9.17, 15) is 4.79 Å². The van der Waals surface area contributed by atoms with Crippen molar-refractivity contribution in [3.8, 4) is 0 Å². The van der Waals surface area contributed by atoms with Crippen molar-refractivity contribution in [1.82, 2.24) is 0 Å². The first kappa shape index (κ1) is 10.2. The Kier molecular flexibility index (Phi) is 2.43. The van der Waals surface area contributed by atoms with Gasteiger partial charge in [0.05, 0.1) is 5.69 Å². The van der Waals surface area contributed by atoms with Gasteiger partial charge in [0.15, 0.2) is 0 Å². The van der Waals surface area contributed by atoms with Crippen molar-refractivity contribution in [2.45, 2.75) is 25.7 Å². The molecule has 1 aromatic rings. The Hall–Kier alpha value is -0.960. The number of benzene rings is 1. The van der Waals surface area contributed by atoms with E-state index in [2.05, 4.69) is 24.8 Å². The first-order valence-electron chi connectivity index (χ1n) is 5.85. The molecule has 0 saturated carbocycles. The predicted octanol–water partition coefficient (Wildman–Crippen LogP) is 1.99. The zero-order valence-electron chi connectivity index (χ0n) is 9.20. The van der Waals surface area contributed by atoms with Crippen LogP contribution in [0.4, 0.5) is 5.69 Å². The van der Waals surface area contributed by atoms with E-state index in [1.807, 2.05) is 4.90 Å². The monoisotopic (exact) mass is 233 g/mol. The molecule has 1 aromatic carbocycles. The Balaban J connectivity index is 2.09. The third-order valence-corrected chi connectivity index (χ3v) is 3.74. The molecule has 2 aliphatic heterocycles. The molecular weight excluding hydrogens is 218 g/mol. The normalized spacial score (nSPS) is 17.8. The molecule has 2 nitrogen and oxygen atoms in total. The molecule has 0 saturated heterocycles. The molecule has 0 unspecified atom stereocenters. The van der Waals surface area contributed by atoms with Gasteiger partial charge in [-0.3, -0.25) is 4.79 Å². The average Bonchev–Trinajstić information content (AvgIpc) is 2.69. The molecule has 0 spiro atoms. The maximum Gasteiger partial charge on any atom is 0.227 e. The van der Waals surface area contributed by atoms with Crippen LogP contribution in [0.25, 0.3) is 0 Å². The summed E-state index contributed by atoms with van der Waals surface area (Å²) in [6.07, 6.45) is 3.64. The lowest BCUT2D eigenvalue weighted by Crippen LogP contribution is -2.32. The second kappa shape index (κ2) is 3.81. The summed E-state index contributed by atoms with van der Waals surface area (Å²) in [6, 6.07) is 4.52. The minimum absolute atomic E-state index is 0.299. The summed E-state index contributed by atoms with van der Waals surface area (Å²) >= 11 is 4.28. The van der Waals surface area contributed by atoms with Gasteiger partial charge >= 0.3 is 0 Å². The topological polar surface area (TPSA) is 20.3 Å². The molecule has 3 heteroatoms. The Bertz CT molecular complexity index is 455. The molecular formula is C13H15NOS. The van der Waals surface area contributed by atoms with Gasteiger partial charge in [0, 0.05) is 13.0 Å². The quantitative estimate of drug-likeness (QED) is 0.775. The van der Waals surface area contributed by atoms with E-state index in [1.165, 1.54) is 22.4 Å². The van der Waals surface area contributed by atoms with Crippen LogP contribution in [0.15, 0.2) is 12.1 Å². The standard InChI is InChI=1S/C13H15NOS/c15-12-2-1-10-7-9(4-6-16)8-11-3-5-14(12)13(10)11/h7-8,16H,1-6H2. The summed E-state index contributed by atoms with van der Waals surface area (Å²) in [4.78, 5) is 13.7. The molecule has 84 valence electrons. The summed E-state index contributed by atoms with van der Waals surface area (Å²) in [6.45, 7) is 0.880. The first-order chi connectivity index (χ1) is 7.79. The van der Waals surface area contributed by atoms with Crippen LogP contribution in [0.3, 0.4) is 0 Å². The van der Waals surface area contributed by atoms with Gasteiger partial charge in [0.2, 0.25) is 5.91 Å². The van der Waals surface area contributed by atoms with Crippen LogP contribution in [-0.2, 0) is 24.1 Å². The van der Waals surface area contributed by atoms with Gasteiger partial charge in [0.25, 0.3) is 0 Å². The zero-order valence-corrected chi connectivity index (χ0v) is 10.1. The van der Waals surface area contributed by atoms with Crippen molar-refractivity contribution in [2.75, 3.05) is 17.2 Å². The highest BCUT2D eigenvalue weighted by Gasteiger charge is 2.31. The summed E-state index contributed by atoms with van der Waals surface area (Å²) in [5, 5.41) is 0. The molecule has 0 N–H and O–H groups in total. The number of amides is 1. The van der Waals surface area contributed by atoms with Gasteiger partial charge in [-0.05, 0) is 41.7 Å². The number of carbonyl (C=O) groups is 1. The lowest BCUT2D eigenvalue weighted by Gasteiger charge is -2.25. The van der Waals surface area contributed by atoms with Gasteiger partial charge in [-0.1, -0.05) is 12.1 Å². The van der Waals surface area contributed by atoms with Crippen LogP contribution in [0.1, 0.15) is 23.1 Å². The maximum atomic E-state index is 11.7. The highest BCUT2D eigenvalue weighted by molar-refractivity contribution is 7.80. The molecule has 2 heterocycles. The van der Waals surface area contributed by atoms with Crippen molar-refractivity contribution < 1.29 is 4.79 Å². The smallest absolute Gasteiger partial charge is 0.227 e. The van der Waals surface area contributed by atoms with Crippen LogP contribution in [-0.4, -0.2) is 18.2 Å². The minimum atomic E-state index is 0.299. The molecule has 3 rings (SSSR count). The van der Waals surface area contributed by atoms with Crippen molar-refractivity contribution in [2.24, 2.45) is 0 Å². The Morgan fingerprint density at radius 2 is 1.94 bits per heavy atom. The minimum Gasteiger partial charge on any atom is -0.312 e. The van der Waals surface area contributed by atoms with Crippen LogP contribution in [0.2, 0.25) is 0 Å². The highest BCUT2D eigenvalue weighted by atomic mass is 32.1. The van der Waals surface area contributed by atoms with E-state index in [1.54, 1.807) is 0 Å². The molecule has 2 aliphatic rings. The fourth-order valence-electron chi connectivity index (χ4n) is 2.80. The number of carbonyl (C=O) groups excluding carboxylic acids is 1. The van der Waals surface area contributed by atoms with Gasteiger partial charge in [-0.2, -0.15) is 12.6 Å². The summed E-state index contributed by atoms with van der Waals surface area (Å²) in [7, 11) is 0. The number of thiol groups is 1. The maximum absolute atomic E-state index is 11.7. The molecule has 0 aromatic heterocycles. The van der Waals surface area contributed by atoms with Crippen LogP contribution in [0.5, 0.6) is 0 Å². The number of nitrogens with zero attached hydrogens (tertiary/aromatic N) is 1. The zero-order chi connectivity index (χ0) is 11.1. The number of aryl methyl sites for hydroxylation is 2. The van der Waals surface area contributed by atoms with Gasteiger partial charge in [-0.25, -0.2) is 0 Å². The number of hydrogen-bond donors (Lipinski definition) is 1. The Labute approximate surface area is 101 Å². The summed E-state index contributed by atoms with van der Waals surface area (Å²) in [5.74, 6) is 1.19. The van der Waals surface area contributed by atoms with E-state index < -0.39 is 0 Å².